The molecule has 0 aliphatic carbocycles. The molecule has 1 radical (unpaired) electrons. The smallest absolute Gasteiger partial charge is 0.178 e. The number of thiazole rings is 1. The molecular weight excluding hydrogens is 134 g/mol. The number of Topliss-reactive ketones (excluding diaryl/α,β-unsaturated/α-hetero) is 1. The number of aromatic nitrogens is 1. The topological polar surface area (TPSA) is 30.0 Å². The van der Waals surface area contributed by atoms with Crippen molar-refractivity contribution < 1.29 is 4.79 Å². The third kappa shape index (κ3) is 1.36. The standard InChI is InChI=1S/C6H6NOS/c1-4(8)6-3-9-5(2)7-6/h3H,2H2,1H3. The van der Waals surface area contributed by atoms with Crippen LogP contribution in [0.15, 0.2) is 5.38 Å². The van der Waals surface area contributed by atoms with Gasteiger partial charge < -0.3 is 0 Å². The summed E-state index contributed by atoms with van der Waals surface area (Å²) in [4.78, 5) is 14.4. The molecule has 1 heterocycles. The van der Waals surface area contributed by atoms with E-state index in [1.165, 1.54) is 18.3 Å². The molecule has 1 aromatic heterocycles. The summed E-state index contributed by atoms with van der Waals surface area (Å²) in [6.45, 7) is 5.07. The molecule has 0 N–H and O–H groups in total. The van der Waals surface area contributed by atoms with Gasteiger partial charge in [-0.05, 0) is 0 Å². The quantitative estimate of drug-likeness (QED) is 0.554. The van der Waals surface area contributed by atoms with E-state index in [1.54, 1.807) is 5.38 Å². The van der Waals surface area contributed by atoms with Crippen LogP contribution in [-0.2, 0) is 0 Å². The van der Waals surface area contributed by atoms with Gasteiger partial charge in [-0.15, -0.1) is 11.3 Å². The van der Waals surface area contributed by atoms with E-state index in [9.17, 15) is 4.79 Å². The minimum atomic E-state index is 0.00106. The molecule has 0 saturated heterocycles. The van der Waals surface area contributed by atoms with Gasteiger partial charge in [-0.2, -0.15) is 0 Å². The lowest BCUT2D eigenvalue weighted by Gasteiger charge is -1.80. The Morgan fingerprint density at radius 1 is 1.89 bits per heavy atom. The highest BCUT2D eigenvalue weighted by Crippen LogP contribution is 2.07. The van der Waals surface area contributed by atoms with Gasteiger partial charge in [-0.25, -0.2) is 4.98 Å². The second-order valence-electron chi connectivity index (χ2n) is 1.68. The maximum Gasteiger partial charge on any atom is 0.178 e. The minimum Gasteiger partial charge on any atom is -0.293 e. The van der Waals surface area contributed by atoms with Gasteiger partial charge in [0, 0.05) is 19.2 Å². The molecule has 0 fully saturated rings. The molecule has 1 rings (SSSR count). The largest absolute Gasteiger partial charge is 0.293 e. The molecule has 1 aromatic rings. The third-order valence-corrected chi connectivity index (χ3v) is 1.62. The van der Waals surface area contributed by atoms with Gasteiger partial charge in [-0.3, -0.25) is 4.79 Å². The number of carbonyl (C=O) groups is 1. The van der Waals surface area contributed by atoms with Crippen molar-refractivity contribution in [3.05, 3.63) is 23.0 Å². The molecule has 0 amide bonds. The van der Waals surface area contributed by atoms with Crippen LogP contribution in [0.3, 0.4) is 0 Å². The summed E-state index contributed by atoms with van der Waals surface area (Å²) in [6.07, 6.45) is 0. The van der Waals surface area contributed by atoms with Crippen LogP contribution in [0.2, 0.25) is 0 Å². The Morgan fingerprint density at radius 3 is 2.78 bits per heavy atom. The predicted octanol–water partition coefficient (Wildman–Crippen LogP) is 1.53. The fourth-order valence-electron chi connectivity index (χ4n) is 0.473. The molecule has 47 valence electrons. The molecule has 0 atom stereocenters. The lowest BCUT2D eigenvalue weighted by Crippen LogP contribution is -1.90. The summed E-state index contributed by atoms with van der Waals surface area (Å²) >= 11 is 1.39. The minimum absolute atomic E-state index is 0.00106. The Balaban J connectivity index is 2.98. The van der Waals surface area contributed by atoms with E-state index in [2.05, 4.69) is 11.9 Å². The van der Waals surface area contributed by atoms with Crippen molar-refractivity contribution in [3.8, 4) is 0 Å². The van der Waals surface area contributed by atoms with Crippen molar-refractivity contribution in [2.24, 2.45) is 0 Å². The van der Waals surface area contributed by atoms with Crippen molar-refractivity contribution >= 4 is 17.1 Å². The van der Waals surface area contributed by atoms with Gasteiger partial charge in [0.05, 0.1) is 5.01 Å². The average molecular weight is 140 g/mol. The first-order valence-corrected chi connectivity index (χ1v) is 3.36. The second-order valence-corrected chi connectivity index (χ2v) is 2.63. The molecule has 0 unspecified atom stereocenters. The first-order chi connectivity index (χ1) is 4.20. The first kappa shape index (κ1) is 6.42. The van der Waals surface area contributed by atoms with E-state index >= 15 is 0 Å². The molecule has 3 heteroatoms. The Morgan fingerprint density at radius 2 is 2.56 bits per heavy atom. The summed E-state index contributed by atoms with van der Waals surface area (Å²) in [5.74, 6) is 0.00106. The van der Waals surface area contributed by atoms with Gasteiger partial charge in [0.25, 0.3) is 0 Å². The van der Waals surface area contributed by atoms with Crippen molar-refractivity contribution in [1.82, 2.24) is 4.98 Å². The molecule has 9 heavy (non-hydrogen) atoms. The van der Waals surface area contributed by atoms with E-state index in [0.29, 0.717) is 10.7 Å². The normalized spacial score (nSPS) is 9.56. The lowest BCUT2D eigenvalue weighted by molar-refractivity contribution is 0.101. The number of hydrogen-bond donors (Lipinski definition) is 0. The lowest BCUT2D eigenvalue weighted by atomic mass is 10.4. The molecule has 0 aromatic carbocycles. The molecule has 2 nitrogen and oxygen atoms in total. The van der Waals surface area contributed by atoms with Crippen LogP contribution >= 0.6 is 11.3 Å². The zero-order valence-corrected chi connectivity index (χ0v) is 5.86. The van der Waals surface area contributed by atoms with Crippen LogP contribution in [0.25, 0.3) is 0 Å². The Hall–Kier alpha value is -0.700. The molecule has 0 bridgehead atoms. The van der Waals surface area contributed by atoms with E-state index in [0.717, 1.165) is 0 Å². The predicted molar refractivity (Wildman–Crippen MR) is 36.6 cm³/mol. The van der Waals surface area contributed by atoms with Crippen LogP contribution in [0.1, 0.15) is 22.4 Å². The van der Waals surface area contributed by atoms with Crippen LogP contribution < -0.4 is 0 Å². The fraction of sp³-hybridized carbons (Fsp3) is 0.167. The third-order valence-electron chi connectivity index (χ3n) is 0.912. The molecule has 0 saturated carbocycles. The Labute approximate surface area is 57.5 Å². The van der Waals surface area contributed by atoms with E-state index in [1.807, 2.05) is 0 Å². The monoisotopic (exact) mass is 140 g/mol. The van der Waals surface area contributed by atoms with E-state index in [4.69, 9.17) is 0 Å². The zero-order chi connectivity index (χ0) is 6.85. The molecule has 0 aliphatic heterocycles. The summed E-state index contributed by atoms with van der Waals surface area (Å²) in [7, 11) is 0. The first-order valence-electron chi connectivity index (χ1n) is 2.48. The summed E-state index contributed by atoms with van der Waals surface area (Å²) in [6, 6.07) is 0. The maximum absolute atomic E-state index is 10.6. The van der Waals surface area contributed by atoms with Gasteiger partial charge >= 0.3 is 0 Å². The fourth-order valence-corrected chi connectivity index (χ4v) is 1.09. The number of rotatable bonds is 1. The van der Waals surface area contributed by atoms with Crippen LogP contribution in [0, 0.1) is 6.92 Å². The number of ketones is 1. The number of hydrogen-bond acceptors (Lipinski definition) is 3. The zero-order valence-electron chi connectivity index (χ0n) is 5.05. The van der Waals surface area contributed by atoms with Gasteiger partial charge in [0.2, 0.25) is 0 Å². The Bertz CT molecular complexity index is 229. The Kier molecular flexibility index (Phi) is 1.62. The highest BCUT2D eigenvalue weighted by molar-refractivity contribution is 7.10. The maximum atomic E-state index is 10.6. The van der Waals surface area contributed by atoms with E-state index in [-0.39, 0.29) is 5.78 Å². The van der Waals surface area contributed by atoms with Gasteiger partial charge in [0.1, 0.15) is 5.69 Å². The molecular formula is C6H6NOS. The summed E-state index contributed by atoms with van der Waals surface area (Å²) in [5, 5.41) is 2.41. The van der Waals surface area contributed by atoms with Crippen molar-refractivity contribution in [2.45, 2.75) is 6.92 Å². The highest BCUT2D eigenvalue weighted by atomic mass is 32.1. The van der Waals surface area contributed by atoms with Crippen molar-refractivity contribution in [3.63, 3.8) is 0 Å². The molecule has 0 spiro atoms. The highest BCUT2D eigenvalue weighted by Gasteiger charge is 2.00. The average Bonchev–Trinajstić information content (AvgIpc) is 2.14. The van der Waals surface area contributed by atoms with E-state index < -0.39 is 0 Å². The number of carbonyl (C=O) groups excluding carboxylic acids is 1. The van der Waals surface area contributed by atoms with Crippen molar-refractivity contribution in [2.75, 3.05) is 0 Å². The molecule has 0 aliphatic rings. The number of nitrogens with zero attached hydrogens (tertiary/aromatic N) is 1. The van der Waals surface area contributed by atoms with Gasteiger partial charge in [0.15, 0.2) is 5.78 Å². The second kappa shape index (κ2) is 2.27. The summed E-state index contributed by atoms with van der Waals surface area (Å²) in [5.41, 5.74) is 0.519. The van der Waals surface area contributed by atoms with Crippen LogP contribution in [0.5, 0.6) is 0 Å². The van der Waals surface area contributed by atoms with Crippen LogP contribution in [0.4, 0.5) is 0 Å². The summed E-state index contributed by atoms with van der Waals surface area (Å²) < 4.78 is 0. The SMILES string of the molecule is [CH2]c1nc(C(C)=O)cs1. The van der Waals surface area contributed by atoms with Crippen molar-refractivity contribution in [1.29, 1.82) is 0 Å². The van der Waals surface area contributed by atoms with Crippen LogP contribution in [-0.4, -0.2) is 10.8 Å². The van der Waals surface area contributed by atoms with Gasteiger partial charge in [-0.1, -0.05) is 0 Å².